The lowest BCUT2D eigenvalue weighted by molar-refractivity contribution is -0.137. The number of benzene rings is 2. The molecule has 1 unspecified atom stereocenters. The van der Waals surface area contributed by atoms with Crippen LogP contribution in [0.15, 0.2) is 49.1 Å². The molecule has 1 aliphatic rings. The van der Waals surface area contributed by atoms with Gasteiger partial charge < -0.3 is 10.1 Å². The first-order valence-corrected chi connectivity index (χ1v) is 10.8. The third-order valence-corrected chi connectivity index (χ3v) is 5.53. The fourth-order valence-corrected chi connectivity index (χ4v) is 3.91. The highest BCUT2D eigenvalue weighted by Gasteiger charge is 2.33. The molecule has 3 nitrogen and oxygen atoms in total. The summed E-state index contributed by atoms with van der Waals surface area (Å²) in [7, 11) is 0. The van der Waals surface area contributed by atoms with Crippen LogP contribution in [0, 0.1) is 17.2 Å². The normalized spacial score (nSPS) is 16.2. The lowest BCUT2D eigenvalue weighted by Gasteiger charge is -2.11. The maximum Gasteiger partial charge on any atom is 0.417 e. The van der Waals surface area contributed by atoms with Crippen molar-refractivity contribution in [1.82, 2.24) is 5.32 Å². The van der Waals surface area contributed by atoms with Gasteiger partial charge in [-0.15, -0.1) is 0 Å². The Balaban J connectivity index is 1.78. The highest BCUT2D eigenvalue weighted by Crippen LogP contribution is 2.33. The predicted molar refractivity (Wildman–Crippen MR) is 121 cm³/mol. The van der Waals surface area contributed by atoms with Crippen LogP contribution in [0.1, 0.15) is 47.1 Å². The molecule has 0 aliphatic carbocycles. The van der Waals surface area contributed by atoms with E-state index in [1.54, 1.807) is 24.3 Å². The van der Waals surface area contributed by atoms with Gasteiger partial charge in [-0.05, 0) is 85.6 Å². The number of hydrogen-bond donors (Lipinski definition) is 1. The Morgan fingerprint density at radius 3 is 2.66 bits per heavy atom. The largest absolute Gasteiger partial charge is 0.490 e. The highest BCUT2D eigenvalue weighted by atomic mass is 19.4. The molecule has 3 rings (SSSR count). The van der Waals surface area contributed by atoms with Gasteiger partial charge in [-0.3, -0.25) is 0 Å². The van der Waals surface area contributed by atoms with Crippen molar-refractivity contribution in [3.8, 4) is 11.8 Å². The van der Waals surface area contributed by atoms with Crippen LogP contribution in [0.2, 0.25) is 0 Å². The number of rotatable bonds is 9. The van der Waals surface area contributed by atoms with Crippen molar-refractivity contribution in [2.45, 2.75) is 31.9 Å². The Bertz CT molecular complexity index is 999. The first kappa shape index (κ1) is 23.6. The predicted octanol–water partition coefficient (Wildman–Crippen LogP) is 6.24. The van der Waals surface area contributed by atoms with Crippen LogP contribution in [0.4, 0.5) is 13.2 Å². The molecule has 0 amide bonds. The van der Waals surface area contributed by atoms with Crippen molar-refractivity contribution < 1.29 is 17.9 Å². The van der Waals surface area contributed by atoms with E-state index in [0.29, 0.717) is 17.9 Å². The Morgan fingerprint density at radius 2 is 1.97 bits per heavy atom. The summed E-state index contributed by atoms with van der Waals surface area (Å²) < 4.78 is 45.4. The van der Waals surface area contributed by atoms with Gasteiger partial charge in [-0.1, -0.05) is 36.9 Å². The van der Waals surface area contributed by atoms with Crippen LogP contribution in [0.3, 0.4) is 0 Å². The molecule has 168 valence electrons. The summed E-state index contributed by atoms with van der Waals surface area (Å²) in [4.78, 5) is 0. The molecule has 1 N–H and O–H groups in total. The van der Waals surface area contributed by atoms with Gasteiger partial charge in [0.1, 0.15) is 12.4 Å². The summed E-state index contributed by atoms with van der Waals surface area (Å²) in [5, 5.41) is 12.3. The number of halogens is 3. The summed E-state index contributed by atoms with van der Waals surface area (Å²) in [5.41, 5.74) is 1.06. The molecule has 2 aromatic carbocycles. The number of nitriles is 1. The van der Waals surface area contributed by atoms with E-state index in [9.17, 15) is 13.2 Å². The van der Waals surface area contributed by atoms with Gasteiger partial charge in [0.2, 0.25) is 0 Å². The van der Waals surface area contributed by atoms with E-state index in [1.807, 2.05) is 18.2 Å². The molecular weight excluding hydrogens is 413 g/mol. The van der Waals surface area contributed by atoms with Gasteiger partial charge in [0, 0.05) is 0 Å². The highest BCUT2D eigenvalue weighted by molar-refractivity contribution is 5.71. The third kappa shape index (κ3) is 6.73. The quantitative estimate of drug-likeness (QED) is 0.371. The number of ether oxygens (including phenoxy) is 1. The lowest BCUT2D eigenvalue weighted by atomic mass is 9.97. The minimum Gasteiger partial charge on any atom is -0.490 e. The van der Waals surface area contributed by atoms with Crippen LogP contribution < -0.4 is 10.1 Å². The minimum atomic E-state index is -4.57. The van der Waals surface area contributed by atoms with Crippen molar-refractivity contribution in [3.05, 3.63) is 76.9 Å². The second kappa shape index (κ2) is 11.0. The van der Waals surface area contributed by atoms with E-state index in [-0.39, 0.29) is 5.56 Å². The van der Waals surface area contributed by atoms with E-state index in [0.717, 1.165) is 49.0 Å². The van der Waals surface area contributed by atoms with Gasteiger partial charge in [-0.25, -0.2) is 0 Å². The van der Waals surface area contributed by atoms with Crippen molar-refractivity contribution in [2.24, 2.45) is 5.92 Å². The number of aryl methyl sites for hydroxylation is 1. The lowest BCUT2D eigenvalue weighted by Crippen LogP contribution is -2.09. The molecule has 1 saturated heterocycles. The van der Waals surface area contributed by atoms with Crippen molar-refractivity contribution >= 4 is 12.2 Å². The standard InChI is InChI=1S/C26H27F3N2O/c1-2-12-32-24-14-21(5-3-4-20-10-11-31-18-20)13-22(15-24)7-6-19-8-9-23(17-30)25(16-19)26(27,28)29/h2,6-9,13-16,20,31H,1,3-5,10-12,18H2/b7-6+. The van der Waals surface area contributed by atoms with Crippen molar-refractivity contribution in [2.75, 3.05) is 19.7 Å². The molecule has 6 heteroatoms. The molecule has 0 aromatic heterocycles. The number of nitrogens with zero attached hydrogens (tertiary/aromatic N) is 1. The molecule has 0 saturated carbocycles. The maximum atomic E-state index is 13.2. The van der Waals surface area contributed by atoms with Gasteiger partial charge in [0.25, 0.3) is 0 Å². The molecule has 1 aliphatic heterocycles. The average Bonchev–Trinajstić information content (AvgIpc) is 3.29. The topological polar surface area (TPSA) is 45.0 Å². The Kier molecular flexibility index (Phi) is 8.13. The summed E-state index contributed by atoms with van der Waals surface area (Å²) in [6.45, 7) is 6.23. The number of nitrogens with one attached hydrogen (secondary N) is 1. The number of hydrogen-bond acceptors (Lipinski definition) is 3. The molecule has 2 aromatic rings. The van der Waals surface area contributed by atoms with Crippen LogP contribution in [0.25, 0.3) is 12.2 Å². The van der Waals surface area contributed by atoms with Crippen LogP contribution in [0.5, 0.6) is 5.75 Å². The fraction of sp³-hybridized carbons (Fsp3) is 0.346. The van der Waals surface area contributed by atoms with Gasteiger partial charge in [0.15, 0.2) is 0 Å². The van der Waals surface area contributed by atoms with E-state index in [2.05, 4.69) is 11.9 Å². The molecule has 0 spiro atoms. The monoisotopic (exact) mass is 440 g/mol. The SMILES string of the molecule is C=CCOc1cc(/C=C/c2ccc(C#N)c(C(F)(F)F)c2)cc(CCCC2CCNC2)c1. The van der Waals surface area contributed by atoms with Gasteiger partial charge >= 0.3 is 6.18 Å². The van der Waals surface area contributed by atoms with Crippen LogP contribution in [-0.4, -0.2) is 19.7 Å². The second-order valence-electron chi connectivity index (χ2n) is 8.01. The third-order valence-electron chi connectivity index (χ3n) is 5.53. The van der Waals surface area contributed by atoms with Crippen LogP contribution >= 0.6 is 0 Å². The second-order valence-corrected chi connectivity index (χ2v) is 8.01. The average molecular weight is 441 g/mol. The fourth-order valence-electron chi connectivity index (χ4n) is 3.91. The summed E-state index contributed by atoms with van der Waals surface area (Å²) in [6.07, 6.45) is 4.87. The molecule has 0 bridgehead atoms. The molecule has 32 heavy (non-hydrogen) atoms. The van der Waals surface area contributed by atoms with Crippen molar-refractivity contribution in [1.29, 1.82) is 5.26 Å². The van der Waals surface area contributed by atoms with Crippen LogP contribution in [-0.2, 0) is 12.6 Å². The van der Waals surface area contributed by atoms with E-state index in [4.69, 9.17) is 10.00 Å². The summed E-state index contributed by atoms with van der Waals surface area (Å²) in [6, 6.07) is 11.2. The van der Waals surface area contributed by atoms with Gasteiger partial charge in [-0.2, -0.15) is 18.4 Å². The summed E-state index contributed by atoms with van der Waals surface area (Å²) in [5.74, 6) is 1.44. The molecular formula is C26H27F3N2O. The van der Waals surface area contributed by atoms with Gasteiger partial charge in [0.05, 0.1) is 17.2 Å². The summed E-state index contributed by atoms with van der Waals surface area (Å²) >= 11 is 0. The Labute approximate surface area is 187 Å². The first-order valence-electron chi connectivity index (χ1n) is 10.8. The molecule has 1 atom stereocenters. The maximum absolute atomic E-state index is 13.2. The van der Waals surface area contributed by atoms with Crippen molar-refractivity contribution in [3.63, 3.8) is 0 Å². The Hall–Kier alpha value is -3.04. The minimum absolute atomic E-state index is 0.379. The first-order chi connectivity index (χ1) is 15.4. The zero-order valence-electron chi connectivity index (χ0n) is 17.9. The number of alkyl halides is 3. The zero-order chi connectivity index (χ0) is 23.0. The Morgan fingerprint density at radius 1 is 1.16 bits per heavy atom. The molecule has 1 heterocycles. The van der Waals surface area contributed by atoms with E-state index in [1.165, 1.54) is 25.0 Å². The zero-order valence-corrected chi connectivity index (χ0v) is 17.9. The van der Waals surface area contributed by atoms with E-state index < -0.39 is 11.7 Å². The van der Waals surface area contributed by atoms with E-state index >= 15 is 0 Å². The molecule has 1 fully saturated rings. The molecule has 0 radical (unpaired) electrons. The smallest absolute Gasteiger partial charge is 0.417 e.